The second kappa shape index (κ2) is 11.1. The van der Waals surface area contributed by atoms with Crippen LogP contribution in [-0.4, -0.2) is 46.1 Å². The largest absolute Gasteiger partial charge is 0.480 e. The van der Waals surface area contributed by atoms with Gasteiger partial charge in [-0.3, -0.25) is 4.79 Å². The Kier molecular flexibility index (Phi) is 7.77. The van der Waals surface area contributed by atoms with E-state index < -0.39 is 23.7 Å². The number of nitrogens with zero attached hydrogens (tertiary/aromatic N) is 2. The fourth-order valence-electron chi connectivity index (χ4n) is 3.73. The van der Waals surface area contributed by atoms with Crippen LogP contribution >= 0.6 is 11.6 Å². The molecule has 182 valence electrons. The van der Waals surface area contributed by atoms with Gasteiger partial charge < -0.3 is 20.5 Å². The summed E-state index contributed by atoms with van der Waals surface area (Å²) in [5.74, 6) is -1.17. The number of fused-ring (bicyclic) bond motifs is 1. The molecule has 2 aromatic heterocycles. The highest BCUT2D eigenvalue weighted by Gasteiger charge is 2.23. The number of aromatic nitrogens is 2. The number of benzene rings is 1. The molecule has 0 aliphatic carbocycles. The lowest BCUT2D eigenvalue weighted by Crippen LogP contribution is -2.42. The van der Waals surface area contributed by atoms with Crippen molar-refractivity contribution in [3.63, 3.8) is 0 Å². The van der Waals surface area contributed by atoms with Crippen molar-refractivity contribution in [2.45, 2.75) is 31.7 Å². The smallest absolute Gasteiger partial charge is 0.326 e. The molecule has 3 N–H and O–H groups in total. The maximum Gasteiger partial charge on any atom is 0.326 e. The number of carbonyl (C=O) groups is 2. The van der Waals surface area contributed by atoms with Gasteiger partial charge in [0.15, 0.2) is 0 Å². The Balaban J connectivity index is 1.30. The summed E-state index contributed by atoms with van der Waals surface area (Å²) in [6.45, 7) is 1.33. The van der Waals surface area contributed by atoms with Crippen molar-refractivity contribution in [2.75, 3.05) is 18.5 Å². The SMILES string of the molecule is O=C(N[C@@H](Cc1ccc(OCCc2ccc3c(n2)NCCC3)nc1)C(=O)O)c1ccc(F)cc1Cl. The number of nitrogens with one attached hydrogen (secondary N) is 2. The van der Waals surface area contributed by atoms with Crippen LogP contribution in [0.3, 0.4) is 0 Å². The minimum Gasteiger partial charge on any atom is -0.480 e. The average molecular weight is 499 g/mol. The number of ether oxygens (including phenoxy) is 1. The molecule has 35 heavy (non-hydrogen) atoms. The summed E-state index contributed by atoms with van der Waals surface area (Å²) in [5, 5.41) is 15.2. The predicted molar refractivity (Wildman–Crippen MR) is 128 cm³/mol. The van der Waals surface area contributed by atoms with E-state index in [1.807, 2.05) is 6.07 Å². The predicted octanol–water partition coefficient (Wildman–Crippen LogP) is 3.67. The molecule has 1 aliphatic heterocycles. The van der Waals surface area contributed by atoms with Crippen LogP contribution in [0.25, 0.3) is 0 Å². The van der Waals surface area contributed by atoms with Gasteiger partial charge in [-0.25, -0.2) is 19.2 Å². The molecule has 0 radical (unpaired) electrons. The van der Waals surface area contributed by atoms with Crippen LogP contribution < -0.4 is 15.4 Å². The molecular weight excluding hydrogens is 475 g/mol. The first-order chi connectivity index (χ1) is 16.9. The zero-order valence-corrected chi connectivity index (χ0v) is 19.5. The molecule has 0 unspecified atom stereocenters. The molecule has 0 saturated carbocycles. The van der Waals surface area contributed by atoms with Crippen LogP contribution in [0.1, 0.15) is 33.6 Å². The van der Waals surface area contributed by atoms with E-state index in [2.05, 4.69) is 26.7 Å². The number of pyridine rings is 2. The van der Waals surface area contributed by atoms with Crippen molar-refractivity contribution in [1.29, 1.82) is 0 Å². The van der Waals surface area contributed by atoms with Crippen molar-refractivity contribution in [2.24, 2.45) is 0 Å². The van der Waals surface area contributed by atoms with Gasteiger partial charge in [-0.1, -0.05) is 23.7 Å². The summed E-state index contributed by atoms with van der Waals surface area (Å²) in [4.78, 5) is 33.0. The number of amides is 1. The molecule has 0 spiro atoms. The number of carboxylic acid groups (broad SMARTS) is 1. The molecule has 4 rings (SSSR count). The van der Waals surface area contributed by atoms with Crippen molar-refractivity contribution in [3.8, 4) is 5.88 Å². The number of aryl methyl sites for hydroxylation is 1. The molecule has 3 aromatic rings. The number of anilines is 1. The van der Waals surface area contributed by atoms with Gasteiger partial charge >= 0.3 is 5.97 Å². The van der Waals surface area contributed by atoms with E-state index in [4.69, 9.17) is 16.3 Å². The molecule has 8 nitrogen and oxygen atoms in total. The molecule has 1 aliphatic rings. The van der Waals surface area contributed by atoms with Crippen LogP contribution in [-0.2, 0) is 24.1 Å². The first kappa shape index (κ1) is 24.4. The summed E-state index contributed by atoms with van der Waals surface area (Å²) in [6.07, 6.45) is 4.27. The Labute approximate surface area is 206 Å². The number of rotatable bonds is 9. The van der Waals surface area contributed by atoms with Gasteiger partial charge in [-0.2, -0.15) is 0 Å². The third kappa shape index (κ3) is 6.45. The summed E-state index contributed by atoms with van der Waals surface area (Å²) < 4.78 is 18.9. The number of aliphatic carboxylic acids is 1. The van der Waals surface area contributed by atoms with Crippen LogP contribution in [0.15, 0.2) is 48.7 Å². The molecule has 0 saturated heterocycles. The van der Waals surface area contributed by atoms with E-state index in [0.29, 0.717) is 24.5 Å². The van der Waals surface area contributed by atoms with E-state index in [9.17, 15) is 19.1 Å². The molecule has 1 amide bonds. The first-order valence-electron chi connectivity index (χ1n) is 11.2. The van der Waals surface area contributed by atoms with Gasteiger partial charge in [-0.15, -0.1) is 0 Å². The normalized spacial score (nSPS) is 13.3. The first-order valence-corrected chi connectivity index (χ1v) is 11.6. The quantitative estimate of drug-likeness (QED) is 0.412. The van der Waals surface area contributed by atoms with Gasteiger partial charge in [0.25, 0.3) is 5.91 Å². The standard InChI is InChI=1S/C25H24ClFN4O4/c26-20-13-17(27)5-7-19(20)24(32)31-21(25(33)34)12-15-3-8-22(29-14-15)35-11-9-18-6-4-16-2-1-10-28-23(16)30-18/h3-8,13-14,21H,1-2,9-12H2,(H,28,30)(H,31,32)(H,33,34)/t21-/m0/s1. The molecule has 0 fully saturated rings. The van der Waals surface area contributed by atoms with Crippen LogP contribution in [0.4, 0.5) is 10.2 Å². The van der Waals surface area contributed by atoms with Crippen molar-refractivity contribution in [3.05, 3.63) is 81.9 Å². The van der Waals surface area contributed by atoms with E-state index >= 15 is 0 Å². The Morgan fingerprint density at radius 1 is 1.23 bits per heavy atom. The minimum atomic E-state index is -1.22. The Hall–Kier alpha value is -3.72. The number of hydrogen-bond acceptors (Lipinski definition) is 6. The third-order valence-electron chi connectivity index (χ3n) is 5.58. The van der Waals surface area contributed by atoms with Gasteiger partial charge in [0.2, 0.25) is 5.88 Å². The lowest BCUT2D eigenvalue weighted by atomic mass is 10.1. The Morgan fingerprint density at radius 2 is 2.09 bits per heavy atom. The van der Waals surface area contributed by atoms with Crippen LogP contribution in [0.5, 0.6) is 5.88 Å². The van der Waals surface area contributed by atoms with Gasteiger partial charge in [-0.05, 0) is 48.2 Å². The average Bonchev–Trinajstić information content (AvgIpc) is 2.84. The highest BCUT2D eigenvalue weighted by atomic mass is 35.5. The Bertz CT molecular complexity index is 1220. The summed E-state index contributed by atoms with van der Waals surface area (Å²) in [7, 11) is 0. The molecular formula is C25H24ClFN4O4. The molecule has 0 bridgehead atoms. The zero-order chi connectivity index (χ0) is 24.8. The van der Waals surface area contributed by atoms with Crippen molar-refractivity contribution in [1.82, 2.24) is 15.3 Å². The summed E-state index contributed by atoms with van der Waals surface area (Å²) in [6, 6.07) is 9.50. The number of halogens is 2. The molecule has 1 aromatic carbocycles. The van der Waals surface area contributed by atoms with Gasteiger partial charge in [0.1, 0.15) is 17.7 Å². The molecule has 10 heteroatoms. The van der Waals surface area contributed by atoms with E-state index in [1.54, 1.807) is 12.1 Å². The second-order valence-corrected chi connectivity index (χ2v) is 8.54. The van der Waals surface area contributed by atoms with Crippen LogP contribution in [0, 0.1) is 5.82 Å². The van der Waals surface area contributed by atoms with Gasteiger partial charge in [0.05, 0.1) is 17.2 Å². The minimum absolute atomic E-state index is 0.000781. The highest BCUT2D eigenvalue weighted by Crippen LogP contribution is 2.20. The van der Waals surface area contributed by atoms with Crippen LogP contribution in [0.2, 0.25) is 5.02 Å². The lowest BCUT2D eigenvalue weighted by Gasteiger charge is -2.17. The fourth-order valence-corrected chi connectivity index (χ4v) is 3.98. The monoisotopic (exact) mass is 498 g/mol. The number of carbonyl (C=O) groups excluding carboxylic acids is 1. The number of hydrogen-bond donors (Lipinski definition) is 3. The maximum atomic E-state index is 13.2. The molecule has 3 heterocycles. The third-order valence-corrected chi connectivity index (χ3v) is 5.89. The van der Waals surface area contributed by atoms with Crippen molar-refractivity contribution >= 4 is 29.3 Å². The maximum absolute atomic E-state index is 13.2. The topological polar surface area (TPSA) is 113 Å². The van der Waals surface area contributed by atoms with Gasteiger partial charge in [0, 0.05) is 37.3 Å². The lowest BCUT2D eigenvalue weighted by molar-refractivity contribution is -0.139. The molecule has 1 atom stereocenters. The fraction of sp³-hybridized carbons (Fsp3) is 0.280. The van der Waals surface area contributed by atoms with Crippen molar-refractivity contribution < 1.29 is 23.8 Å². The zero-order valence-electron chi connectivity index (χ0n) is 18.8. The summed E-state index contributed by atoms with van der Waals surface area (Å²) in [5.41, 5.74) is 2.74. The Morgan fingerprint density at radius 3 is 2.83 bits per heavy atom. The number of carboxylic acids is 1. The van der Waals surface area contributed by atoms with E-state index in [-0.39, 0.29) is 17.0 Å². The summed E-state index contributed by atoms with van der Waals surface area (Å²) >= 11 is 5.90. The van der Waals surface area contributed by atoms with E-state index in [0.717, 1.165) is 43.0 Å². The highest BCUT2D eigenvalue weighted by molar-refractivity contribution is 6.33. The van der Waals surface area contributed by atoms with E-state index in [1.165, 1.54) is 17.8 Å². The second-order valence-electron chi connectivity index (χ2n) is 8.14.